The average Bonchev–Trinajstić information content (AvgIpc) is 3.00. The van der Waals surface area contributed by atoms with Crippen LogP contribution in [0.4, 0.5) is 0 Å². The highest BCUT2D eigenvalue weighted by Crippen LogP contribution is 2.20. The summed E-state index contributed by atoms with van der Waals surface area (Å²) in [5.41, 5.74) is 2.75. The third-order valence-electron chi connectivity index (χ3n) is 3.40. The predicted molar refractivity (Wildman–Crippen MR) is 86.9 cm³/mol. The number of aromatic nitrogens is 3. The highest BCUT2D eigenvalue weighted by molar-refractivity contribution is 7.89. The molecule has 0 amide bonds. The molecule has 1 N–H and O–H groups in total. The molecule has 1 aromatic carbocycles. The van der Waals surface area contributed by atoms with Gasteiger partial charge in [0.05, 0.1) is 11.1 Å². The predicted octanol–water partition coefficient (Wildman–Crippen LogP) is 1.96. The molecule has 2 aromatic heterocycles. The van der Waals surface area contributed by atoms with Crippen LogP contribution in [0.3, 0.4) is 0 Å². The van der Waals surface area contributed by atoms with Gasteiger partial charge in [0.1, 0.15) is 0 Å². The number of pyridine rings is 1. The lowest BCUT2D eigenvalue weighted by molar-refractivity contribution is 0.581. The molecule has 0 spiro atoms. The normalized spacial score (nSPS) is 11.5. The van der Waals surface area contributed by atoms with Crippen molar-refractivity contribution in [1.29, 1.82) is 0 Å². The molecule has 0 aliphatic heterocycles. The summed E-state index contributed by atoms with van der Waals surface area (Å²) in [6, 6.07) is 10.5. The second-order valence-corrected chi connectivity index (χ2v) is 6.87. The van der Waals surface area contributed by atoms with Gasteiger partial charge >= 0.3 is 0 Å². The van der Waals surface area contributed by atoms with Gasteiger partial charge in [-0.3, -0.25) is 9.67 Å². The van der Waals surface area contributed by atoms with E-state index < -0.39 is 10.0 Å². The van der Waals surface area contributed by atoms with Gasteiger partial charge in [-0.15, -0.1) is 0 Å². The van der Waals surface area contributed by atoms with Crippen LogP contribution < -0.4 is 4.72 Å². The molecule has 2 heterocycles. The maximum atomic E-state index is 12.3. The van der Waals surface area contributed by atoms with Gasteiger partial charge in [-0.05, 0) is 35.4 Å². The Hall–Kier alpha value is -2.51. The quantitative estimate of drug-likeness (QED) is 0.777. The first-order valence-corrected chi connectivity index (χ1v) is 8.50. The second-order valence-electron chi connectivity index (χ2n) is 5.11. The molecule has 0 unspecified atom stereocenters. The fourth-order valence-electron chi connectivity index (χ4n) is 2.20. The minimum atomic E-state index is -3.55. The van der Waals surface area contributed by atoms with Gasteiger partial charge in [0, 0.05) is 37.7 Å². The van der Waals surface area contributed by atoms with Crippen molar-refractivity contribution in [3.63, 3.8) is 0 Å². The van der Waals surface area contributed by atoms with E-state index >= 15 is 0 Å². The van der Waals surface area contributed by atoms with Crippen LogP contribution in [0.1, 0.15) is 5.56 Å². The van der Waals surface area contributed by atoms with Crippen molar-refractivity contribution in [1.82, 2.24) is 19.5 Å². The molecule has 23 heavy (non-hydrogen) atoms. The van der Waals surface area contributed by atoms with Crippen LogP contribution in [-0.2, 0) is 23.6 Å². The third kappa shape index (κ3) is 3.64. The molecule has 0 aliphatic carbocycles. The number of nitrogens with zero attached hydrogens (tertiary/aromatic N) is 3. The lowest BCUT2D eigenvalue weighted by Crippen LogP contribution is -2.23. The van der Waals surface area contributed by atoms with Crippen LogP contribution in [0.25, 0.3) is 11.1 Å². The first-order chi connectivity index (χ1) is 11.0. The Labute approximate surface area is 134 Å². The zero-order chi connectivity index (χ0) is 16.3. The molecule has 0 atom stereocenters. The van der Waals surface area contributed by atoms with Crippen LogP contribution in [0.5, 0.6) is 0 Å². The van der Waals surface area contributed by atoms with E-state index in [0.717, 1.165) is 16.7 Å². The van der Waals surface area contributed by atoms with E-state index in [1.807, 2.05) is 12.1 Å². The third-order valence-corrected chi connectivity index (χ3v) is 4.82. The summed E-state index contributed by atoms with van der Waals surface area (Å²) in [6.45, 7) is 0.211. The van der Waals surface area contributed by atoms with E-state index in [2.05, 4.69) is 14.8 Å². The SMILES string of the molecule is Cn1cc(CNS(=O)(=O)c2ccc(-c3ccncc3)cc2)cn1. The molecule has 0 saturated carbocycles. The largest absolute Gasteiger partial charge is 0.275 e. The van der Waals surface area contributed by atoms with Crippen molar-refractivity contribution in [2.24, 2.45) is 7.05 Å². The fourth-order valence-corrected chi connectivity index (χ4v) is 3.21. The van der Waals surface area contributed by atoms with Gasteiger partial charge in [0.25, 0.3) is 0 Å². The molecule has 3 rings (SSSR count). The van der Waals surface area contributed by atoms with E-state index in [0.29, 0.717) is 0 Å². The van der Waals surface area contributed by atoms with Crippen LogP contribution in [0.15, 0.2) is 66.1 Å². The molecule has 0 radical (unpaired) electrons. The van der Waals surface area contributed by atoms with E-state index in [-0.39, 0.29) is 11.4 Å². The zero-order valence-corrected chi connectivity index (χ0v) is 13.4. The number of hydrogen-bond acceptors (Lipinski definition) is 4. The van der Waals surface area contributed by atoms with Gasteiger partial charge in [-0.25, -0.2) is 13.1 Å². The topological polar surface area (TPSA) is 76.9 Å². The molecule has 0 bridgehead atoms. The molecular weight excluding hydrogens is 312 g/mol. The number of benzene rings is 1. The lowest BCUT2D eigenvalue weighted by atomic mass is 10.1. The Morgan fingerprint density at radius 2 is 1.70 bits per heavy atom. The Balaban J connectivity index is 1.75. The van der Waals surface area contributed by atoms with Crippen molar-refractivity contribution in [3.8, 4) is 11.1 Å². The lowest BCUT2D eigenvalue weighted by Gasteiger charge is -2.07. The second kappa shape index (κ2) is 6.31. The van der Waals surface area contributed by atoms with Gasteiger partial charge < -0.3 is 0 Å². The van der Waals surface area contributed by atoms with E-state index in [4.69, 9.17) is 0 Å². The monoisotopic (exact) mass is 328 g/mol. The van der Waals surface area contributed by atoms with Crippen molar-refractivity contribution in [2.75, 3.05) is 0 Å². The molecule has 7 heteroatoms. The maximum absolute atomic E-state index is 12.3. The van der Waals surface area contributed by atoms with Gasteiger partial charge in [-0.2, -0.15) is 5.10 Å². The van der Waals surface area contributed by atoms with Crippen LogP contribution >= 0.6 is 0 Å². The first-order valence-electron chi connectivity index (χ1n) is 7.02. The zero-order valence-electron chi connectivity index (χ0n) is 12.5. The Kier molecular flexibility index (Phi) is 4.22. The summed E-state index contributed by atoms with van der Waals surface area (Å²) in [5, 5.41) is 4.01. The molecule has 6 nitrogen and oxygen atoms in total. The summed E-state index contributed by atoms with van der Waals surface area (Å²) < 4.78 is 28.8. The number of rotatable bonds is 5. The Bertz CT molecular complexity index is 887. The summed E-state index contributed by atoms with van der Waals surface area (Å²) in [5.74, 6) is 0. The summed E-state index contributed by atoms with van der Waals surface area (Å²) in [7, 11) is -1.76. The van der Waals surface area contributed by atoms with Crippen LogP contribution in [0.2, 0.25) is 0 Å². The first kappa shape index (κ1) is 15.4. The van der Waals surface area contributed by atoms with Crippen molar-refractivity contribution < 1.29 is 8.42 Å². The molecule has 0 fully saturated rings. The van der Waals surface area contributed by atoms with E-state index in [9.17, 15) is 8.42 Å². The van der Waals surface area contributed by atoms with Gasteiger partial charge in [0.15, 0.2) is 0 Å². The molecule has 0 saturated heterocycles. The molecule has 3 aromatic rings. The van der Waals surface area contributed by atoms with E-state index in [1.165, 1.54) is 0 Å². The number of aryl methyl sites for hydroxylation is 1. The van der Waals surface area contributed by atoms with Gasteiger partial charge in [0.2, 0.25) is 10.0 Å². The minimum absolute atomic E-state index is 0.211. The maximum Gasteiger partial charge on any atom is 0.240 e. The fraction of sp³-hybridized carbons (Fsp3) is 0.125. The van der Waals surface area contributed by atoms with Crippen LogP contribution in [-0.4, -0.2) is 23.2 Å². The molecule has 118 valence electrons. The van der Waals surface area contributed by atoms with Gasteiger partial charge in [-0.1, -0.05) is 12.1 Å². The standard InChI is InChI=1S/C16H16N4O2S/c1-20-12-13(10-18-20)11-19-23(21,22)16-4-2-14(3-5-16)15-6-8-17-9-7-15/h2-10,12,19H,11H2,1H3. The molecule has 0 aliphatic rings. The smallest absolute Gasteiger partial charge is 0.240 e. The number of sulfonamides is 1. The van der Waals surface area contributed by atoms with Crippen LogP contribution in [0, 0.1) is 0 Å². The van der Waals surface area contributed by atoms with Crippen molar-refractivity contribution in [2.45, 2.75) is 11.4 Å². The average molecular weight is 328 g/mol. The Morgan fingerprint density at radius 1 is 1.04 bits per heavy atom. The Morgan fingerprint density at radius 3 is 2.30 bits per heavy atom. The highest BCUT2D eigenvalue weighted by atomic mass is 32.2. The van der Waals surface area contributed by atoms with E-state index in [1.54, 1.807) is 60.8 Å². The number of hydrogen-bond donors (Lipinski definition) is 1. The number of nitrogens with one attached hydrogen (secondary N) is 1. The summed E-state index contributed by atoms with van der Waals surface area (Å²) in [4.78, 5) is 4.21. The summed E-state index contributed by atoms with van der Waals surface area (Å²) >= 11 is 0. The summed E-state index contributed by atoms with van der Waals surface area (Å²) in [6.07, 6.45) is 6.81. The highest BCUT2D eigenvalue weighted by Gasteiger charge is 2.14. The molecular formula is C16H16N4O2S. The van der Waals surface area contributed by atoms with Crippen molar-refractivity contribution in [3.05, 3.63) is 66.7 Å². The van der Waals surface area contributed by atoms with Crippen molar-refractivity contribution >= 4 is 10.0 Å². The minimum Gasteiger partial charge on any atom is -0.275 e.